The fourth-order valence-electron chi connectivity index (χ4n) is 1.54. The number of furan rings is 1. The Hall–Kier alpha value is -2.36. The summed E-state index contributed by atoms with van der Waals surface area (Å²) in [5.74, 6) is -0.132. The Bertz CT molecular complexity index is 544. The van der Waals surface area contributed by atoms with E-state index >= 15 is 0 Å². The number of nitrogens with zero attached hydrogens (tertiary/aromatic N) is 1. The van der Waals surface area contributed by atoms with E-state index in [0.29, 0.717) is 4.74 Å². The third kappa shape index (κ3) is 2.66. The maximum absolute atomic E-state index is 11.9. The van der Waals surface area contributed by atoms with Gasteiger partial charge in [-0.25, -0.2) is 4.74 Å². The summed E-state index contributed by atoms with van der Waals surface area (Å²) < 4.78 is 5.63. The van der Waals surface area contributed by atoms with Gasteiger partial charge in [0, 0.05) is 12.5 Å². The van der Waals surface area contributed by atoms with Gasteiger partial charge in [0.25, 0.3) is 5.78 Å². The van der Waals surface area contributed by atoms with E-state index in [1.165, 1.54) is 12.5 Å². The molecule has 0 N–H and O–H groups in total. The lowest BCUT2D eigenvalue weighted by Gasteiger charge is -2.10. The van der Waals surface area contributed by atoms with E-state index < -0.39 is 6.04 Å². The average Bonchev–Trinajstić information content (AvgIpc) is 2.92. The van der Waals surface area contributed by atoms with Crippen LogP contribution in [0.4, 0.5) is 0 Å². The molecule has 1 aromatic carbocycles. The van der Waals surface area contributed by atoms with Gasteiger partial charge in [-0.15, -0.1) is 0 Å². The minimum absolute atomic E-state index is 0.199. The van der Waals surface area contributed by atoms with Crippen molar-refractivity contribution in [3.63, 3.8) is 0 Å². The maximum atomic E-state index is 11.9. The highest BCUT2D eigenvalue weighted by Gasteiger charge is 2.23. The van der Waals surface area contributed by atoms with Crippen molar-refractivity contribution >= 4 is 12.0 Å². The Balaban J connectivity index is 2.16. The molecule has 1 heterocycles. The minimum atomic E-state index is -0.809. The van der Waals surface area contributed by atoms with E-state index in [1.54, 1.807) is 31.2 Å². The van der Waals surface area contributed by atoms with Gasteiger partial charge in [-0.3, -0.25) is 4.79 Å². The normalized spacial score (nSPS) is 13.3. The van der Waals surface area contributed by atoms with Gasteiger partial charge < -0.3 is 9.62 Å². The van der Waals surface area contributed by atoms with Gasteiger partial charge in [0.05, 0.1) is 6.26 Å². The molecule has 0 aliphatic heterocycles. The Morgan fingerprint density at radius 1 is 1.28 bits per heavy atom. The molecule has 4 heteroatoms. The van der Waals surface area contributed by atoms with Crippen molar-refractivity contribution in [2.75, 3.05) is 0 Å². The Kier molecular flexibility index (Phi) is 3.57. The van der Waals surface area contributed by atoms with Crippen LogP contribution in [0.15, 0.2) is 53.1 Å². The van der Waals surface area contributed by atoms with Crippen LogP contribution in [0.1, 0.15) is 23.0 Å². The van der Waals surface area contributed by atoms with Crippen LogP contribution in [0.2, 0.25) is 0 Å². The van der Waals surface area contributed by atoms with Crippen LogP contribution in [0.25, 0.3) is 0 Å². The smallest absolute Gasteiger partial charge is 0.266 e. The second-order valence-electron chi connectivity index (χ2n) is 3.92. The van der Waals surface area contributed by atoms with Crippen molar-refractivity contribution in [1.29, 1.82) is 0 Å². The third-order valence-corrected chi connectivity index (χ3v) is 2.60. The SMILES string of the molecule is C[C@@H](C(=O)c1ccco1)[N+]([O-])=Cc1ccccc1. The first-order valence-corrected chi connectivity index (χ1v) is 5.61. The van der Waals surface area contributed by atoms with Crippen molar-refractivity contribution in [1.82, 2.24) is 0 Å². The zero-order valence-corrected chi connectivity index (χ0v) is 9.95. The molecule has 2 aromatic rings. The summed E-state index contributed by atoms with van der Waals surface area (Å²) in [5.41, 5.74) is 0.756. The van der Waals surface area contributed by atoms with Crippen molar-refractivity contribution in [3.8, 4) is 0 Å². The number of ketones is 1. The average molecular weight is 243 g/mol. The van der Waals surface area contributed by atoms with Crippen LogP contribution >= 0.6 is 0 Å². The highest BCUT2D eigenvalue weighted by atomic mass is 16.5. The molecule has 92 valence electrons. The van der Waals surface area contributed by atoms with Gasteiger partial charge in [0.2, 0.25) is 6.04 Å². The zero-order valence-electron chi connectivity index (χ0n) is 9.95. The molecule has 0 aliphatic rings. The van der Waals surface area contributed by atoms with Gasteiger partial charge in [0.1, 0.15) is 0 Å². The first-order valence-electron chi connectivity index (χ1n) is 5.61. The third-order valence-electron chi connectivity index (χ3n) is 2.60. The zero-order chi connectivity index (χ0) is 13.0. The predicted molar refractivity (Wildman–Crippen MR) is 67.7 cm³/mol. The van der Waals surface area contributed by atoms with Gasteiger partial charge in [-0.1, -0.05) is 18.2 Å². The van der Waals surface area contributed by atoms with Crippen LogP contribution in [0.5, 0.6) is 0 Å². The summed E-state index contributed by atoms with van der Waals surface area (Å²) in [6, 6.07) is 11.5. The molecule has 0 aliphatic carbocycles. The molecule has 0 spiro atoms. The number of rotatable bonds is 4. The van der Waals surface area contributed by atoms with Crippen LogP contribution in [-0.4, -0.2) is 22.8 Å². The summed E-state index contributed by atoms with van der Waals surface area (Å²) in [7, 11) is 0. The Morgan fingerprint density at radius 3 is 2.61 bits per heavy atom. The molecule has 18 heavy (non-hydrogen) atoms. The first kappa shape index (κ1) is 12.1. The van der Waals surface area contributed by atoms with Crippen molar-refractivity contribution in [3.05, 3.63) is 65.3 Å². The highest BCUT2D eigenvalue weighted by molar-refractivity contribution is 5.97. The number of carbonyl (C=O) groups excluding carboxylic acids is 1. The number of benzene rings is 1. The van der Waals surface area contributed by atoms with E-state index in [0.717, 1.165) is 5.56 Å². The number of hydrogen-bond donors (Lipinski definition) is 0. The summed E-state index contributed by atoms with van der Waals surface area (Å²) >= 11 is 0. The summed E-state index contributed by atoms with van der Waals surface area (Å²) in [6.45, 7) is 1.55. The molecule has 1 atom stereocenters. The highest BCUT2D eigenvalue weighted by Crippen LogP contribution is 2.06. The topological polar surface area (TPSA) is 56.3 Å². The fourth-order valence-corrected chi connectivity index (χ4v) is 1.54. The lowest BCUT2D eigenvalue weighted by atomic mass is 10.1. The number of Topliss-reactive ketones (excluding diaryl/α,β-unsaturated/α-hetero) is 1. The van der Waals surface area contributed by atoms with E-state index in [2.05, 4.69) is 0 Å². The van der Waals surface area contributed by atoms with Crippen molar-refractivity contribution < 1.29 is 14.0 Å². The number of hydroxylamine groups is 1. The second-order valence-corrected chi connectivity index (χ2v) is 3.92. The van der Waals surface area contributed by atoms with Crippen LogP contribution in [0, 0.1) is 5.21 Å². The van der Waals surface area contributed by atoms with Gasteiger partial charge >= 0.3 is 0 Å². The molecule has 0 bridgehead atoms. The van der Waals surface area contributed by atoms with E-state index in [1.807, 2.05) is 18.2 Å². The number of carbonyl (C=O) groups is 1. The van der Waals surface area contributed by atoms with Gasteiger partial charge in [0.15, 0.2) is 12.0 Å². The molecule has 4 nitrogen and oxygen atoms in total. The molecule has 1 aromatic heterocycles. The maximum Gasteiger partial charge on any atom is 0.266 e. The largest absolute Gasteiger partial charge is 0.623 e. The molecular weight excluding hydrogens is 230 g/mol. The molecule has 0 saturated heterocycles. The van der Waals surface area contributed by atoms with Crippen LogP contribution in [0.3, 0.4) is 0 Å². The quantitative estimate of drug-likeness (QED) is 0.272. The Morgan fingerprint density at radius 2 is 2.00 bits per heavy atom. The van der Waals surface area contributed by atoms with E-state index in [4.69, 9.17) is 4.42 Å². The summed E-state index contributed by atoms with van der Waals surface area (Å²) in [5, 5.41) is 11.8. The summed E-state index contributed by atoms with van der Waals surface area (Å²) in [4.78, 5) is 11.9. The second kappa shape index (κ2) is 5.31. The van der Waals surface area contributed by atoms with Crippen LogP contribution < -0.4 is 0 Å². The molecule has 0 amide bonds. The Labute approximate surface area is 105 Å². The van der Waals surface area contributed by atoms with Crippen molar-refractivity contribution in [2.45, 2.75) is 13.0 Å². The van der Waals surface area contributed by atoms with Gasteiger partial charge in [-0.05, 0) is 24.3 Å². The fraction of sp³-hybridized carbons (Fsp3) is 0.143. The van der Waals surface area contributed by atoms with Crippen LogP contribution in [-0.2, 0) is 0 Å². The first-order chi connectivity index (χ1) is 8.68. The van der Waals surface area contributed by atoms with Gasteiger partial charge in [-0.2, -0.15) is 0 Å². The lowest BCUT2D eigenvalue weighted by Crippen LogP contribution is -2.28. The molecule has 2 rings (SSSR count). The van der Waals surface area contributed by atoms with E-state index in [-0.39, 0.29) is 11.5 Å². The molecular formula is C14H13NO3. The van der Waals surface area contributed by atoms with Crippen molar-refractivity contribution in [2.24, 2.45) is 0 Å². The molecule has 0 saturated carbocycles. The monoisotopic (exact) mass is 243 g/mol. The standard InChI is InChI=1S/C14H13NO3/c1-11(14(16)13-8-5-9-18-13)15(17)10-12-6-3-2-4-7-12/h2-11H,1H3/t11-/m0/s1. The molecule has 0 radical (unpaired) electrons. The lowest BCUT2D eigenvalue weighted by molar-refractivity contribution is -0.474. The molecule has 0 unspecified atom stereocenters. The summed E-state index contributed by atoms with van der Waals surface area (Å²) in [6.07, 6.45) is 2.81. The minimum Gasteiger partial charge on any atom is -0.623 e. The molecule has 0 fully saturated rings. The predicted octanol–water partition coefficient (Wildman–Crippen LogP) is 2.48. The van der Waals surface area contributed by atoms with E-state index in [9.17, 15) is 10.0 Å². The number of hydrogen-bond acceptors (Lipinski definition) is 3.